The molecule has 2 aromatic heterocycles. The zero-order valence-electron chi connectivity index (χ0n) is 19.7. The maximum atomic E-state index is 12.5. The van der Waals surface area contributed by atoms with Gasteiger partial charge in [-0.25, -0.2) is 4.98 Å². The van der Waals surface area contributed by atoms with E-state index >= 15 is 0 Å². The number of anilines is 1. The van der Waals surface area contributed by atoms with Gasteiger partial charge in [-0.2, -0.15) is 0 Å². The average molecular weight is 518 g/mol. The molecule has 0 unspecified atom stereocenters. The Morgan fingerprint density at radius 2 is 1.80 bits per heavy atom. The molecule has 0 spiro atoms. The van der Waals surface area contributed by atoms with Gasteiger partial charge in [-0.3, -0.25) is 9.78 Å². The van der Waals surface area contributed by atoms with Gasteiger partial charge in [0.15, 0.2) is 11.5 Å². The fraction of sp³-hybridized carbons (Fsp3) is 0.444. The summed E-state index contributed by atoms with van der Waals surface area (Å²) in [4.78, 5) is 24.0. The van der Waals surface area contributed by atoms with Gasteiger partial charge < -0.3 is 15.3 Å². The number of rotatable bonds is 7. The number of aromatic hydroxyl groups is 1. The maximum Gasteiger partial charge on any atom is 0.163 e. The van der Waals surface area contributed by atoms with Gasteiger partial charge in [-0.05, 0) is 89.9 Å². The van der Waals surface area contributed by atoms with Crippen molar-refractivity contribution in [2.75, 3.05) is 26.0 Å². The lowest BCUT2D eigenvalue weighted by Crippen LogP contribution is -2.28. The first kappa shape index (κ1) is 27.2. The largest absolute Gasteiger partial charge is 0.505 e. The molecule has 1 aromatic carbocycles. The second-order valence-electron chi connectivity index (χ2n) is 9.41. The molecule has 0 atom stereocenters. The lowest BCUT2D eigenvalue weighted by molar-refractivity contribution is 0.101. The molecule has 1 fully saturated rings. The van der Waals surface area contributed by atoms with Gasteiger partial charge in [0.2, 0.25) is 0 Å². The topological polar surface area (TPSA) is 78.3 Å². The highest BCUT2D eigenvalue weighted by molar-refractivity contribution is 6.37. The number of carbonyl (C=O) groups is 1. The summed E-state index contributed by atoms with van der Waals surface area (Å²) < 4.78 is 0. The number of nitrogens with zero attached hydrogens (tertiary/aromatic N) is 3. The number of carbonyl (C=O) groups excluding carboxylic acids is 1. The number of hydrogen-bond acceptors (Lipinski definition) is 6. The highest BCUT2D eigenvalue weighted by Crippen LogP contribution is 2.37. The van der Waals surface area contributed by atoms with Crippen LogP contribution in [0.1, 0.15) is 56.8 Å². The first-order valence-corrected chi connectivity index (χ1v) is 12.4. The summed E-state index contributed by atoms with van der Waals surface area (Å²) >= 11 is 12.3. The summed E-state index contributed by atoms with van der Waals surface area (Å²) in [5.74, 6) is 0.534. The van der Waals surface area contributed by atoms with Crippen LogP contribution in [0.2, 0.25) is 10.0 Å². The van der Waals surface area contributed by atoms with Crippen molar-refractivity contribution < 1.29 is 9.90 Å². The van der Waals surface area contributed by atoms with Gasteiger partial charge in [0.25, 0.3) is 0 Å². The number of phenols is 1. The molecule has 0 radical (unpaired) electrons. The second-order valence-corrected chi connectivity index (χ2v) is 10.2. The molecule has 0 aliphatic heterocycles. The standard InChI is InChI=1S/C26H30Cl2N4O2.CH4/c1-15(33)19-14-29-23-9-8-22(17-12-20(27)26(34)21(28)13-17)31-25(23)24(19)30-18-6-4-16(5-7-18)10-11-32(2)3;/h8-9,12-14,16,18,34H,4-7,10-11H2,1-3H3,(H,29,30);1H4. The molecule has 2 N–H and O–H groups in total. The highest BCUT2D eigenvalue weighted by atomic mass is 35.5. The fourth-order valence-corrected chi connectivity index (χ4v) is 5.08. The molecule has 3 aromatic rings. The Bertz CT molecular complexity index is 1180. The number of aromatic nitrogens is 2. The van der Waals surface area contributed by atoms with Crippen molar-refractivity contribution in [3.05, 3.63) is 46.1 Å². The highest BCUT2D eigenvalue weighted by Gasteiger charge is 2.24. The summed E-state index contributed by atoms with van der Waals surface area (Å²) in [6.45, 7) is 2.67. The molecule has 0 saturated heterocycles. The molecule has 8 heteroatoms. The minimum Gasteiger partial charge on any atom is -0.505 e. The van der Waals surface area contributed by atoms with Crippen LogP contribution in [-0.4, -0.2) is 52.4 Å². The van der Waals surface area contributed by atoms with Gasteiger partial charge >= 0.3 is 0 Å². The van der Waals surface area contributed by atoms with E-state index in [-0.39, 0.29) is 35.0 Å². The molecule has 2 heterocycles. The maximum absolute atomic E-state index is 12.5. The molecule has 188 valence electrons. The minimum atomic E-state index is -0.156. The van der Waals surface area contributed by atoms with Crippen LogP contribution in [0.5, 0.6) is 5.75 Å². The molecule has 1 saturated carbocycles. The number of halogens is 2. The third-order valence-electron chi connectivity index (χ3n) is 6.58. The van der Waals surface area contributed by atoms with Crippen molar-refractivity contribution in [2.24, 2.45) is 5.92 Å². The predicted molar refractivity (Wildman–Crippen MR) is 146 cm³/mol. The van der Waals surface area contributed by atoms with E-state index in [9.17, 15) is 9.90 Å². The smallest absolute Gasteiger partial charge is 0.163 e. The first-order chi connectivity index (χ1) is 16.2. The van der Waals surface area contributed by atoms with Crippen LogP contribution < -0.4 is 5.32 Å². The van der Waals surface area contributed by atoms with Crippen LogP contribution in [0.25, 0.3) is 22.3 Å². The van der Waals surface area contributed by atoms with Gasteiger partial charge in [0.05, 0.1) is 32.5 Å². The third kappa shape index (κ3) is 6.24. The van der Waals surface area contributed by atoms with Crippen LogP contribution in [0.15, 0.2) is 30.5 Å². The number of benzene rings is 1. The monoisotopic (exact) mass is 516 g/mol. The Hall–Kier alpha value is -2.41. The average Bonchev–Trinajstić information content (AvgIpc) is 2.81. The van der Waals surface area contributed by atoms with Gasteiger partial charge in [0, 0.05) is 17.8 Å². The van der Waals surface area contributed by atoms with Crippen molar-refractivity contribution in [1.82, 2.24) is 14.9 Å². The number of Topliss-reactive ketones (excluding diaryl/α,β-unsaturated/α-hetero) is 1. The van der Waals surface area contributed by atoms with E-state index in [0.717, 1.165) is 31.0 Å². The van der Waals surface area contributed by atoms with Gasteiger partial charge in [-0.1, -0.05) is 30.6 Å². The Labute approximate surface area is 217 Å². The van der Waals surface area contributed by atoms with Crippen molar-refractivity contribution in [2.45, 2.75) is 52.5 Å². The predicted octanol–water partition coefficient (Wildman–Crippen LogP) is 7.07. The van der Waals surface area contributed by atoms with Crippen LogP contribution >= 0.6 is 23.2 Å². The van der Waals surface area contributed by atoms with Crippen molar-refractivity contribution in [3.8, 4) is 17.0 Å². The molecule has 0 amide bonds. The molecule has 6 nitrogen and oxygen atoms in total. The number of hydrogen-bond donors (Lipinski definition) is 2. The van der Waals surface area contributed by atoms with E-state index in [1.807, 2.05) is 12.1 Å². The molecule has 4 rings (SSSR count). The molecular weight excluding hydrogens is 483 g/mol. The lowest BCUT2D eigenvalue weighted by atomic mass is 9.84. The van der Waals surface area contributed by atoms with Crippen LogP contribution in [0, 0.1) is 5.92 Å². The number of ketones is 1. The summed E-state index contributed by atoms with van der Waals surface area (Å²) in [7, 11) is 4.23. The Morgan fingerprint density at radius 1 is 1.14 bits per heavy atom. The Morgan fingerprint density at radius 3 is 2.40 bits per heavy atom. The van der Waals surface area contributed by atoms with E-state index in [1.54, 1.807) is 25.3 Å². The fourth-order valence-electron chi connectivity index (χ4n) is 4.59. The Kier molecular flexibility index (Phi) is 8.97. The summed E-state index contributed by atoms with van der Waals surface area (Å²) in [5, 5.41) is 13.9. The van der Waals surface area contributed by atoms with Crippen molar-refractivity contribution in [1.29, 1.82) is 0 Å². The van der Waals surface area contributed by atoms with E-state index in [2.05, 4.69) is 29.3 Å². The molecule has 1 aliphatic carbocycles. The van der Waals surface area contributed by atoms with Crippen LogP contribution in [-0.2, 0) is 0 Å². The van der Waals surface area contributed by atoms with E-state index in [4.69, 9.17) is 28.2 Å². The molecular formula is C27H34Cl2N4O2. The zero-order chi connectivity index (χ0) is 24.4. The van der Waals surface area contributed by atoms with Crippen molar-refractivity contribution in [3.63, 3.8) is 0 Å². The third-order valence-corrected chi connectivity index (χ3v) is 7.16. The van der Waals surface area contributed by atoms with E-state index < -0.39 is 0 Å². The summed E-state index contributed by atoms with van der Waals surface area (Å²) in [6.07, 6.45) is 7.31. The van der Waals surface area contributed by atoms with Gasteiger partial charge in [-0.15, -0.1) is 0 Å². The lowest BCUT2D eigenvalue weighted by Gasteiger charge is -2.31. The first-order valence-electron chi connectivity index (χ1n) is 11.6. The Balaban J connectivity index is 0.00000342. The van der Waals surface area contributed by atoms with E-state index in [1.165, 1.54) is 19.3 Å². The quantitative estimate of drug-likeness (QED) is 0.327. The summed E-state index contributed by atoms with van der Waals surface area (Å²) in [6, 6.07) is 7.24. The minimum absolute atomic E-state index is 0. The number of phenolic OH excluding ortho intramolecular Hbond substituents is 1. The molecule has 35 heavy (non-hydrogen) atoms. The van der Waals surface area contributed by atoms with Crippen LogP contribution in [0.3, 0.4) is 0 Å². The van der Waals surface area contributed by atoms with E-state index in [0.29, 0.717) is 27.9 Å². The normalized spacial score (nSPS) is 17.9. The van der Waals surface area contributed by atoms with Gasteiger partial charge in [0.1, 0.15) is 5.52 Å². The van der Waals surface area contributed by atoms with Crippen LogP contribution in [0.4, 0.5) is 5.69 Å². The summed E-state index contributed by atoms with van der Waals surface area (Å²) in [5.41, 5.74) is 3.91. The number of nitrogens with one attached hydrogen (secondary N) is 1. The second kappa shape index (κ2) is 11.5. The molecule has 1 aliphatic rings. The number of pyridine rings is 2. The SMILES string of the molecule is C.CC(=O)c1cnc2ccc(-c3cc(Cl)c(O)c(Cl)c3)nc2c1NC1CCC(CCN(C)C)CC1. The zero-order valence-corrected chi connectivity index (χ0v) is 21.2. The molecule has 0 bridgehead atoms. The van der Waals surface area contributed by atoms with Crippen molar-refractivity contribution >= 4 is 45.7 Å². The number of fused-ring (bicyclic) bond motifs is 1.